The summed E-state index contributed by atoms with van der Waals surface area (Å²) in [6.45, 7) is 0. The van der Waals surface area contributed by atoms with E-state index in [1.807, 2.05) is 0 Å². The molecule has 1 heterocycles. The summed E-state index contributed by atoms with van der Waals surface area (Å²) in [6, 6.07) is 11.0. The predicted octanol–water partition coefficient (Wildman–Crippen LogP) is 1.97. The fraction of sp³-hybridized carbons (Fsp3) is 0. The quantitative estimate of drug-likeness (QED) is 0.830. The molecule has 0 spiro atoms. The number of aromatic nitrogens is 2. The van der Waals surface area contributed by atoms with Crippen LogP contribution in [0.4, 0.5) is 0 Å². The van der Waals surface area contributed by atoms with Crippen molar-refractivity contribution in [1.29, 1.82) is 0 Å². The van der Waals surface area contributed by atoms with Crippen molar-refractivity contribution in [2.45, 2.75) is 9.92 Å². The maximum absolute atomic E-state index is 12.0. The van der Waals surface area contributed by atoms with Crippen molar-refractivity contribution in [3.8, 4) is 0 Å². The molecule has 0 aliphatic heterocycles. The van der Waals surface area contributed by atoms with E-state index >= 15 is 0 Å². The first-order chi connectivity index (χ1) is 7.60. The third-order valence-electron chi connectivity index (χ3n) is 1.98. The monoisotopic (exact) mass is 252 g/mol. The van der Waals surface area contributed by atoms with Crippen molar-refractivity contribution in [2.75, 3.05) is 0 Å². The Bertz CT molecular complexity index is 628. The summed E-state index contributed by atoms with van der Waals surface area (Å²) in [5.74, 6) is 0. The fourth-order valence-corrected chi connectivity index (χ4v) is 2.49. The van der Waals surface area contributed by atoms with E-state index in [4.69, 9.17) is 12.2 Å². The van der Waals surface area contributed by atoms with Crippen LogP contribution in [0.1, 0.15) is 0 Å². The Morgan fingerprint density at radius 3 is 2.31 bits per heavy atom. The van der Waals surface area contributed by atoms with Crippen LogP contribution in [-0.2, 0) is 9.84 Å². The Morgan fingerprint density at radius 1 is 1.06 bits per heavy atom. The number of hydrogen-bond donors (Lipinski definition) is 1. The SMILES string of the molecule is O=S(=O)(c1ccccc1)c1ccc(=S)[nH]n1. The lowest BCUT2D eigenvalue weighted by molar-refractivity contribution is 0.590. The van der Waals surface area contributed by atoms with Gasteiger partial charge in [-0.3, -0.25) is 5.10 Å². The zero-order valence-electron chi connectivity index (χ0n) is 8.12. The molecule has 0 radical (unpaired) electrons. The number of sulfone groups is 1. The summed E-state index contributed by atoms with van der Waals surface area (Å²) in [5.41, 5.74) is 0. The summed E-state index contributed by atoms with van der Waals surface area (Å²) >= 11 is 4.80. The largest absolute Gasteiger partial charge is 0.266 e. The molecule has 0 saturated carbocycles. The lowest BCUT2D eigenvalue weighted by Gasteiger charge is -2.02. The smallest absolute Gasteiger partial charge is 0.225 e. The Kier molecular flexibility index (Phi) is 2.84. The second-order valence-corrected chi connectivity index (χ2v) is 5.41. The molecule has 2 rings (SSSR count). The number of aromatic amines is 1. The Labute approximate surface area is 97.9 Å². The first-order valence-corrected chi connectivity index (χ1v) is 6.36. The number of rotatable bonds is 2. The van der Waals surface area contributed by atoms with Gasteiger partial charge in [0.1, 0.15) is 4.64 Å². The highest BCUT2D eigenvalue weighted by Gasteiger charge is 2.18. The van der Waals surface area contributed by atoms with Crippen molar-refractivity contribution >= 4 is 22.1 Å². The van der Waals surface area contributed by atoms with Crippen LogP contribution in [0, 0.1) is 4.64 Å². The zero-order chi connectivity index (χ0) is 11.6. The van der Waals surface area contributed by atoms with Crippen LogP contribution in [0.5, 0.6) is 0 Å². The Hall–Kier alpha value is -1.53. The molecule has 0 saturated heterocycles. The molecule has 82 valence electrons. The van der Waals surface area contributed by atoms with Gasteiger partial charge in [0, 0.05) is 0 Å². The van der Waals surface area contributed by atoms with Crippen LogP contribution in [0.15, 0.2) is 52.4 Å². The van der Waals surface area contributed by atoms with Crippen molar-refractivity contribution in [1.82, 2.24) is 10.2 Å². The lowest BCUT2D eigenvalue weighted by Crippen LogP contribution is -2.05. The van der Waals surface area contributed by atoms with Crippen LogP contribution in [0.3, 0.4) is 0 Å². The minimum absolute atomic E-state index is 0.0349. The first-order valence-electron chi connectivity index (χ1n) is 4.46. The lowest BCUT2D eigenvalue weighted by atomic mass is 10.4. The molecular formula is C10H8N2O2S2. The van der Waals surface area contributed by atoms with Crippen molar-refractivity contribution in [2.24, 2.45) is 0 Å². The normalized spacial score (nSPS) is 11.2. The molecule has 0 atom stereocenters. The molecule has 1 N–H and O–H groups in total. The standard InChI is InChI=1S/C10H8N2O2S2/c13-16(14,8-4-2-1-3-5-8)10-7-6-9(15)11-12-10/h1-7H,(H,11,15). The van der Waals surface area contributed by atoms with Crippen LogP contribution >= 0.6 is 12.2 Å². The van der Waals surface area contributed by atoms with E-state index in [-0.39, 0.29) is 9.92 Å². The molecule has 1 aromatic carbocycles. The second-order valence-electron chi connectivity index (χ2n) is 3.08. The van der Waals surface area contributed by atoms with E-state index in [0.717, 1.165) is 0 Å². The molecule has 4 nitrogen and oxygen atoms in total. The van der Waals surface area contributed by atoms with Gasteiger partial charge >= 0.3 is 0 Å². The van der Waals surface area contributed by atoms with Gasteiger partial charge in [-0.25, -0.2) is 8.42 Å². The first kappa shape index (κ1) is 11.0. The van der Waals surface area contributed by atoms with Gasteiger partial charge in [-0.15, -0.1) is 0 Å². The highest BCUT2D eigenvalue weighted by Crippen LogP contribution is 2.17. The number of nitrogens with zero attached hydrogens (tertiary/aromatic N) is 1. The molecular weight excluding hydrogens is 244 g/mol. The second kappa shape index (κ2) is 4.15. The molecule has 2 aromatic rings. The number of H-pyrrole nitrogens is 1. The van der Waals surface area contributed by atoms with Crippen LogP contribution in [-0.4, -0.2) is 18.6 Å². The Morgan fingerprint density at radius 2 is 1.75 bits per heavy atom. The minimum atomic E-state index is -3.54. The molecule has 0 amide bonds. The molecule has 0 unspecified atom stereocenters. The number of benzene rings is 1. The summed E-state index contributed by atoms with van der Waals surface area (Å²) in [6.07, 6.45) is 0. The number of nitrogens with one attached hydrogen (secondary N) is 1. The van der Waals surface area contributed by atoms with E-state index in [9.17, 15) is 8.42 Å². The molecule has 16 heavy (non-hydrogen) atoms. The van der Waals surface area contributed by atoms with E-state index in [1.54, 1.807) is 18.2 Å². The van der Waals surface area contributed by atoms with E-state index < -0.39 is 9.84 Å². The summed E-state index contributed by atoms with van der Waals surface area (Å²) in [7, 11) is -3.54. The van der Waals surface area contributed by atoms with Crippen molar-refractivity contribution in [3.63, 3.8) is 0 Å². The van der Waals surface area contributed by atoms with Gasteiger partial charge in [0.15, 0.2) is 5.03 Å². The minimum Gasteiger partial charge on any atom is -0.266 e. The third kappa shape index (κ3) is 2.02. The van der Waals surface area contributed by atoms with Crippen LogP contribution < -0.4 is 0 Å². The summed E-state index contributed by atoms with van der Waals surface area (Å²) in [4.78, 5) is 0.216. The summed E-state index contributed by atoms with van der Waals surface area (Å²) in [5, 5.41) is 6.14. The summed E-state index contributed by atoms with van der Waals surface area (Å²) < 4.78 is 24.5. The van der Waals surface area contributed by atoms with E-state index in [1.165, 1.54) is 24.3 Å². The molecule has 0 aliphatic carbocycles. The van der Waals surface area contributed by atoms with Crippen LogP contribution in [0.25, 0.3) is 0 Å². The molecule has 0 bridgehead atoms. The average molecular weight is 252 g/mol. The molecule has 6 heteroatoms. The average Bonchev–Trinajstić information content (AvgIpc) is 2.31. The highest BCUT2D eigenvalue weighted by atomic mass is 32.2. The zero-order valence-corrected chi connectivity index (χ0v) is 9.75. The maximum atomic E-state index is 12.0. The number of hydrogen-bond acceptors (Lipinski definition) is 4. The maximum Gasteiger partial charge on any atom is 0.225 e. The van der Waals surface area contributed by atoms with Gasteiger partial charge < -0.3 is 0 Å². The highest BCUT2D eigenvalue weighted by molar-refractivity contribution is 7.91. The van der Waals surface area contributed by atoms with Gasteiger partial charge in [0.05, 0.1) is 4.90 Å². The van der Waals surface area contributed by atoms with Crippen molar-refractivity contribution < 1.29 is 8.42 Å². The topological polar surface area (TPSA) is 62.8 Å². The molecule has 0 fully saturated rings. The molecule has 0 aliphatic rings. The van der Waals surface area contributed by atoms with Gasteiger partial charge in [0.25, 0.3) is 0 Å². The van der Waals surface area contributed by atoms with Gasteiger partial charge in [-0.1, -0.05) is 30.4 Å². The molecule has 1 aromatic heterocycles. The van der Waals surface area contributed by atoms with E-state index in [0.29, 0.717) is 4.64 Å². The Balaban J connectivity index is 2.56. The van der Waals surface area contributed by atoms with E-state index in [2.05, 4.69) is 10.2 Å². The van der Waals surface area contributed by atoms with Gasteiger partial charge in [0.2, 0.25) is 9.84 Å². The third-order valence-corrected chi connectivity index (χ3v) is 3.88. The van der Waals surface area contributed by atoms with Crippen LogP contribution in [0.2, 0.25) is 0 Å². The van der Waals surface area contributed by atoms with Crippen molar-refractivity contribution in [3.05, 3.63) is 47.1 Å². The fourth-order valence-electron chi connectivity index (χ4n) is 1.20. The van der Waals surface area contributed by atoms with Gasteiger partial charge in [-0.2, -0.15) is 5.10 Å². The predicted molar refractivity (Wildman–Crippen MR) is 61.3 cm³/mol. The van der Waals surface area contributed by atoms with Gasteiger partial charge in [-0.05, 0) is 24.3 Å².